The van der Waals surface area contributed by atoms with E-state index in [1.54, 1.807) is 0 Å². The predicted molar refractivity (Wildman–Crippen MR) is 54.3 cm³/mol. The van der Waals surface area contributed by atoms with Gasteiger partial charge in [-0.25, -0.2) is 0 Å². The van der Waals surface area contributed by atoms with E-state index in [-0.39, 0.29) is 25.5 Å². The van der Waals surface area contributed by atoms with Crippen LogP contribution in [0.4, 0.5) is 13.2 Å². The van der Waals surface area contributed by atoms with Crippen LogP contribution in [-0.2, 0) is 19.3 Å². The summed E-state index contributed by atoms with van der Waals surface area (Å²) in [5.41, 5.74) is 8.13. The van der Waals surface area contributed by atoms with Crippen LogP contribution in [-0.4, -0.2) is 39.3 Å². The molecule has 18 heavy (non-hydrogen) atoms. The van der Waals surface area contributed by atoms with Gasteiger partial charge in [0.25, 0.3) is 0 Å². The molecule has 7 nitrogen and oxygen atoms in total. The molecule has 0 saturated carbocycles. The molecule has 0 atom stereocenters. The third-order valence-corrected chi connectivity index (χ3v) is 2.67. The van der Waals surface area contributed by atoms with E-state index in [0.29, 0.717) is 13.1 Å². The third kappa shape index (κ3) is 2.54. The number of rotatable bonds is 3. The zero-order valence-corrected chi connectivity index (χ0v) is 9.30. The highest BCUT2D eigenvalue weighted by atomic mass is 19.4. The highest BCUT2D eigenvalue weighted by Gasteiger charge is 2.39. The highest BCUT2D eigenvalue weighted by molar-refractivity contribution is 5.02. The van der Waals surface area contributed by atoms with E-state index in [4.69, 9.17) is 5.53 Å². The summed E-state index contributed by atoms with van der Waals surface area (Å²) in [5, 5.41) is 10.1. The van der Waals surface area contributed by atoms with E-state index in [2.05, 4.69) is 20.2 Å². The van der Waals surface area contributed by atoms with Gasteiger partial charge in [-0.2, -0.15) is 13.2 Å². The molecule has 98 valence electrons. The SMILES string of the molecule is [N-]=[N+]=NCCN1CCn2c(nnc2C(F)(F)F)C1. The molecule has 0 fully saturated rings. The summed E-state index contributed by atoms with van der Waals surface area (Å²) in [4.78, 5) is 4.49. The van der Waals surface area contributed by atoms with Gasteiger partial charge in [-0.05, 0) is 5.53 Å². The van der Waals surface area contributed by atoms with Gasteiger partial charge in [0.2, 0.25) is 5.82 Å². The maximum absolute atomic E-state index is 12.6. The van der Waals surface area contributed by atoms with Gasteiger partial charge in [-0.15, -0.1) is 10.2 Å². The first-order valence-corrected chi connectivity index (χ1v) is 5.25. The van der Waals surface area contributed by atoms with Crippen molar-refractivity contribution in [2.45, 2.75) is 19.3 Å². The second-order valence-electron chi connectivity index (χ2n) is 3.82. The largest absolute Gasteiger partial charge is 0.451 e. The van der Waals surface area contributed by atoms with Gasteiger partial charge < -0.3 is 4.57 Å². The standard InChI is InChI=1S/C8H10F3N7/c9-8(10,11)7-15-14-6-5-17(2-1-13-16-12)3-4-18(6)7/h1-5H2. The van der Waals surface area contributed by atoms with Crippen molar-refractivity contribution in [3.63, 3.8) is 0 Å². The lowest BCUT2D eigenvalue weighted by molar-refractivity contribution is -0.148. The summed E-state index contributed by atoms with van der Waals surface area (Å²) in [6.45, 7) is 1.71. The average molecular weight is 261 g/mol. The molecule has 1 aliphatic heterocycles. The van der Waals surface area contributed by atoms with Crippen LogP contribution in [0.2, 0.25) is 0 Å². The Morgan fingerprint density at radius 2 is 2.11 bits per heavy atom. The van der Waals surface area contributed by atoms with Crippen LogP contribution in [0.25, 0.3) is 10.4 Å². The lowest BCUT2D eigenvalue weighted by Gasteiger charge is -2.27. The molecule has 1 aliphatic rings. The molecule has 0 unspecified atom stereocenters. The molecule has 0 amide bonds. The van der Waals surface area contributed by atoms with Gasteiger partial charge >= 0.3 is 6.18 Å². The summed E-state index contributed by atoms with van der Waals surface area (Å²) in [7, 11) is 0. The smallest absolute Gasteiger partial charge is 0.305 e. The molecule has 2 rings (SSSR count). The molecule has 1 aromatic heterocycles. The van der Waals surface area contributed by atoms with Crippen molar-refractivity contribution in [2.24, 2.45) is 5.11 Å². The monoisotopic (exact) mass is 261 g/mol. The zero-order valence-electron chi connectivity index (χ0n) is 9.30. The van der Waals surface area contributed by atoms with Gasteiger partial charge in [0.1, 0.15) is 5.82 Å². The van der Waals surface area contributed by atoms with Crippen molar-refractivity contribution in [2.75, 3.05) is 19.6 Å². The first-order chi connectivity index (χ1) is 8.52. The lowest BCUT2D eigenvalue weighted by Crippen LogP contribution is -2.36. The molecule has 1 aromatic rings. The highest BCUT2D eigenvalue weighted by Crippen LogP contribution is 2.29. The molecule has 0 aromatic carbocycles. The fourth-order valence-corrected chi connectivity index (χ4v) is 1.84. The summed E-state index contributed by atoms with van der Waals surface area (Å²) in [6.07, 6.45) is -4.47. The molecule has 0 spiro atoms. The molecule has 0 N–H and O–H groups in total. The van der Waals surface area contributed by atoms with Crippen molar-refractivity contribution in [1.29, 1.82) is 0 Å². The number of halogens is 3. The maximum atomic E-state index is 12.6. The van der Waals surface area contributed by atoms with E-state index in [1.165, 1.54) is 0 Å². The van der Waals surface area contributed by atoms with E-state index in [1.807, 2.05) is 4.90 Å². The number of aromatic nitrogens is 3. The van der Waals surface area contributed by atoms with Crippen molar-refractivity contribution in [3.8, 4) is 0 Å². The first kappa shape index (κ1) is 12.7. The molecule has 0 bridgehead atoms. The van der Waals surface area contributed by atoms with Gasteiger partial charge in [-0.1, -0.05) is 5.11 Å². The maximum Gasteiger partial charge on any atom is 0.451 e. The number of azide groups is 1. The minimum absolute atomic E-state index is 0.188. The van der Waals surface area contributed by atoms with Crippen LogP contribution in [0, 0.1) is 0 Å². The first-order valence-electron chi connectivity index (χ1n) is 5.25. The average Bonchev–Trinajstić information content (AvgIpc) is 2.72. The second kappa shape index (κ2) is 4.83. The molecular formula is C8H10F3N7. The van der Waals surface area contributed by atoms with Crippen molar-refractivity contribution >= 4 is 0 Å². The van der Waals surface area contributed by atoms with Crippen LogP contribution in [0.5, 0.6) is 0 Å². The van der Waals surface area contributed by atoms with Crippen LogP contribution in [0.3, 0.4) is 0 Å². The molecule has 0 radical (unpaired) electrons. The van der Waals surface area contributed by atoms with Crippen molar-refractivity contribution in [1.82, 2.24) is 19.7 Å². The Kier molecular flexibility index (Phi) is 3.39. The normalized spacial score (nSPS) is 16.2. The van der Waals surface area contributed by atoms with E-state index < -0.39 is 12.0 Å². The van der Waals surface area contributed by atoms with Gasteiger partial charge in [0.05, 0.1) is 6.54 Å². The Morgan fingerprint density at radius 1 is 1.33 bits per heavy atom. The zero-order chi connectivity index (χ0) is 13.2. The van der Waals surface area contributed by atoms with Crippen molar-refractivity contribution < 1.29 is 13.2 Å². The van der Waals surface area contributed by atoms with Gasteiger partial charge in [0, 0.05) is 31.1 Å². The summed E-state index contributed by atoms with van der Waals surface area (Å²) >= 11 is 0. The molecule has 2 heterocycles. The van der Waals surface area contributed by atoms with E-state index in [0.717, 1.165) is 4.57 Å². The number of fused-ring (bicyclic) bond motifs is 1. The predicted octanol–water partition coefficient (Wildman–Crippen LogP) is 1.42. The second-order valence-corrected chi connectivity index (χ2v) is 3.82. The quantitative estimate of drug-likeness (QED) is 0.468. The van der Waals surface area contributed by atoms with Crippen LogP contribution < -0.4 is 0 Å². The van der Waals surface area contributed by atoms with Gasteiger partial charge in [-0.3, -0.25) is 4.90 Å². The minimum Gasteiger partial charge on any atom is -0.305 e. The van der Waals surface area contributed by atoms with E-state index >= 15 is 0 Å². The molecule has 0 saturated heterocycles. The van der Waals surface area contributed by atoms with Gasteiger partial charge in [0.15, 0.2) is 0 Å². The summed E-state index contributed by atoms with van der Waals surface area (Å²) in [5.74, 6) is -0.665. The van der Waals surface area contributed by atoms with Crippen molar-refractivity contribution in [3.05, 3.63) is 22.1 Å². The molecule has 10 heteroatoms. The summed E-state index contributed by atoms with van der Waals surface area (Å²) < 4.78 is 38.8. The topological polar surface area (TPSA) is 82.7 Å². The Labute approximate surface area is 99.8 Å². The Hall–Kier alpha value is -1.80. The number of nitrogens with zero attached hydrogens (tertiary/aromatic N) is 7. The fraction of sp³-hybridized carbons (Fsp3) is 0.750. The Bertz CT molecular complexity index is 474. The number of hydrogen-bond donors (Lipinski definition) is 0. The summed E-state index contributed by atoms with van der Waals surface area (Å²) in [6, 6.07) is 0. The van der Waals surface area contributed by atoms with Crippen LogP contribution in [0.15, 0.2) is 5.11 Å². The fourth-order valence-electron chi connectivity index (χ4n) is 1.84. The Balaban J connectivity index is 2.07. The van der Waals surface area contributed by atoms with Crippen LogP contribution >= 0.6 is 0 Å². The third-order valence-electron chi connectivity index (χ3n) is 2.67. The lowest BCUT2D eigenvalue weighted by atomic mass is 10.3. The minimum atomic E-state index is -4.47. The number of alkyl halides is 3. The molecule has 0 aliphatic carbocycles. The Morgan fingerprint density at radius 3 is 2.78 bits per heavy atom. The van der Waals surface area contributed by atoms with E-state index in [9.17, 15) is 13.2 Å². The molecular weight excluding hydrogens is 251 g/mol. The number of hydrogen-bond acceptors (Lipinski definition) is 4. The van der Waals surface area contributed by atoms with Crippen LogP contribution in [0.1, 0.15) is 11.6 Å².